The van der Waals surface area contributed by atoms with Crippen molar-refractivity contribution in [2.75, 3.05) is 52.5 Å². The summed E-state index contributed by atoms with van der Waals surface area (Å²) in [6, 6.07) is 3.47. The molecule has 2 aromatic heterocycles. The van der Waals surface area contributed by atoms with Crippen LogP contribution in [-0.4, -0.2) is 89.9 Å². The summed E-state index contributed by atoms with van der Waals surface area (Å²) in [5, 5.41) is 0.872. The number of rotatable bonds is 6. The quantitative estimate of drug-likeness (QED) is 0.589. The first-order valence-corrected chi connectivity index (χ1v) is 12.1. The second kappa shape index (κ2) is 9.10. The van der Waals surface area contributed by atoms with Gasteiger partial charge in [-0.05, 0) is 12.1 Å². The summed E-state index contributed by atoms with van der Waals surface area (Å²) in [5.74, 6) is 1.32. The van der Waals surface area contributed by atoms with Gasteiger partial charge in [0.15, 0.2) is 10.9 Å². The van der Waals surface area contributed by atoms with Gasteiger partial charge in [0.2, 0.25) is 0 Å². The number of ether oxygens (including phenoxy) is 1. The number of furan rings is 1. The van der Waals surface area contributed by atoms with E-state index in [1.165, 1.54) is 20.4 Å². The number of hydrogen-bond donors (Lipinski definition) is 0. The lowest BCUT2D eigenvalue weighted by atomic mass is 10.3. The van der Waals surface area contributed by atoms with Crippen molar-refractivity contribution in [2.45, 2.75) is 10.9 Å². The lowest BCUT2D eigenvalue weighted by Crippen LogP contribution is -2.55. The van der Waals surface area contributed by atoms with Crippen LogP contribution >= 0.6 is 11.8 Å². The minimum absolute atomic E-state index is 0.216. The number of hydrogen-bond acceptors (Lipinski definition) is 7. The zero-order valence-corrected chi connectivity index (χ0v) is 18.4. The molecule has 0 N–H and O–H groups in total. The highest BCUT2D eigenvalue weighted by Crippen LogP contribution is 2.23. The van der Waals surface area contributed by atoms with Crippen molar-refractivity contribution in [1.29, 1.82) is 0 Å². The molecule has 2 saturated heterocycles. The number of thioether (sulfide) groups is 1. The molecule has 0 saturated carbocycles. The number of nitrogens with zero attached hydrogens (tertiary/aromatic N) is 5. The number of morpholine rings is 1. The molecule has 0 spiro atoms. The first-order chi connectivity index (χ1) is 14.4. The highest BCUT2D eigenvalue weighted by atomic mass is 32.2. The minimum Gasteiger partial charge on any atom is -0.455 e. The third-order valence-electron chi connectivity index (χ3n) is 5.14. The first kappa shape index (κ1) is 21.4. The van der Waals surface area contributed by atoms with Gasteiger partial charge < -0.3 is 18.6 Å². The van der Waals surface area contributed by atoms with Crippen LogP contribution in [0.3, 0.4) is 0 Å². The Morgan fingerprint density at radius 2 is 1.80 bits per heavy atom. The number of aromatic nitrogens is 2. The van der Waals surface area contributed by atoms with Gasteiger partial charge in [0.25, 0.3) is 16.1 Å². The van der Waals surface area contributed by atoms with Crippen molar-refractivity contribution < 1.29 is 22.4 Å². The van der Waals surface area contributed by atoms with Crippen molar-refractivity contribution in [3.8, 4) is 0 Å². The normalized spacial score (nSPS) is 19.3. The van der Waals surface area contributed by atoms with Crippen LogP contribution in [0.15, 0.2) is 34.1 Å². The van der Waals surface area contributed by atoms with E-state index in [1.54, 1.807) is 23.2 Å². The van der Waals surface area contributed by atoms with E-state index in [0.29, 0.717) is 50.9 Å². The van der Waals surface area contributed by atoms with E-state index in [9.17, 15) is 13.2 Å². The van der Waals surface area contributed by atoms with E-state index in [1.807, 2.05) is 17.8 Å². The molecule has 0 radical (unpaired) electrons. The van der Waals surface area contributed by atoms with Crippen molar-refractivity contribution in [2.24, 2.45) is 7.05 Å². The van der Waals surface area contributed by atoms with Gasteiger partial charge in [-0.2, -0.15) is 17.0 Å². The molecule has 0 bridgehead atoms. The van der Waals surface area contributed by atoms with Crippen LogP contribution in [0.1, 0.15) is 16.3 Å². The van der Waals surface area contributed by atoms with Crippen molar-refractivity contribution in [3.63, 3.8) is 0 Å². The molecule has 0 aromatic carbocycles. The van der Waals surface area contributed by atoms with Gasteiger partial charge in [0, 0.05) is 58.7 Å². The Balaban J connectivity index is 1.31. The van der Waals surface area contributed by atoms with Gasteiger partial charge in [-0.3, -0.25) is 4.79 Å². The number of imidazole rings is 1. The second-order valence-electron chi connectivity index (χ2n) is 7.09. The lowest BCUT2D eigenvalue weighted by Gasteiger charge is -2.37. The minimum atomic E-state index is -3.51. The van der Waals surface area contributed by atoms with Crippen molar-refractivity contribution in [1.82, 2.24) is 23.1 Å². The van der Waals surface area contributed by atoms with Gasteiger partial charge in [0.1, 0.15) is 5.76 Å². The smallest absolute Gasteiger partial charge is 0.289 e. The highest BCUT2D eigenvalue weighted by Gasteiger charge is 2.34. The Labute approximate surface area is 179 Å². The van der Waals surface area contributed by atoms with Crippen LogP contribution in [0.25, 0.3) is 0 Å². The molecule has 164 valence electrons. The van der Waals surface area contributed by atoms with E-state index in [0.717, 1.165) is 5.16 Å². The number of amides is 1. The maximum absolute atomic E-state index is 12.8. The standard InChI is InChI=1S/C18H25N5O5S2/c1-20-5-4-19-18(20)29-14-15-2-3-16(28-15)17(24)21-6-8-22(9-7-21)30(25,26)23-10-12-27-13-11-23/h2-5H,6-14H2,1H3. The van der Waals surface area contributed by atoms with E-state index < -0.39 is 10.2 Å². The fourth-order valence-electron chi connectivity index (χ4n) is 3.42. The van der Waals surface area contributed by atoms with Crippen LogP contribution in [0.5, 0.6) is 0 Å². The molecule has 0 aliphatic carbocycles. The molecule has 10 nitrogen and oxygen atoms in total. The largest absolute Gasteiger partial charge is 0.455 e. The van der Waals surface area contributed by atoms with Gasteiger partial charge in [-0.15, -0.1) is 0 Å². The Kier molecular flexibility index (Phi) is 6.48. The zero-order valence-electron chi connectivity index (χ0n) is 16.8. The SMILES string of the molecule is Cn1ccnc1SCc1ccc(C(=O)N2CCN(S(=O)(=O)N3CCOCC3)CC2)o1. The molecular formula is C18H25N5O5S2. The molecule has 2 aliphatic heterocycles. The third-order valence-corrected chi connectivity index (χ3v) is 8.26. The molecule has 1 amide bonds. The third kappa shape index (κ3) is 4.57. The summed E-state index contributed by atoms with van der Waals surface area (Å²) in [7, 11) is -1.59. The summed E-state index contributed by atoms with van der Waals surface area (Å²) in [4.78, 5) is 18.7. The number of aryl methyl sites for hydroxylation is 1. The average Bonchev–Trinajstić information content (AvgIpc) is 3.41. The molecule has 12 heteroatoms. The zero-order chi connectivity index (χ0) is 21.1. The number of carbonyl (C=O) groups excluding carboxylic acids is 1. The second-order valence-corrected chi connectivity index (χ2v) is 9.96. The van der Waals surface area contributed by atoms with Gasteiger partial charge >= 0.3 is 0 Å². The van der Waals surface area contributed by atoms with Gasteiger partial charge in [-0.1, -0.05) is 11.8 Å². The Morgan fingerprint density at radius 1 is 1.10 bits per heavy atom. The van der Waals surface area contributed by atoms with E-state index in [2.05, 4.69) is 4.98 Å². The highest BCUT2D eigenvalue weighted by molar-refractivity contribution is 7.98. The van der Waals surface area contributed by atoms with Crippen molar-refractivity contribution >= 4 is 27.9 Å². The molecule has 4 heterocycles. The fraction of sp³-hybridized carbons (Fsp3) is 0.556. The lowest BCUT2D eigenvalue weighted by molar-refractivity contribution is 0.0617. The molecular weight excluding hydrogens is 430 g/mol. The van der Waals surface area contributed by atoms with Crippen LogP contribution in [-0.2, 0) is 27.7 Å². The van der Waals surface area contributed by atoms with Gasteiger partial charge in [-0.25, -0.2) is 4.98 Å². The topological polar surface area (TPSA) is 101 Å². The average molecular weight is 456 g/mol. The van der Waals surface area contributed by atoms with E-state index in [4.69, 9.17) is 9.15 Å². The predicted molar refractivity (Wildman–Crippen MR) is 110 cm³/mol. The molecule has 4 rings (SSSR count). The van der Waals surface area contributed by atoms with Crippen LogP contribution in [0.2, 0.25) is 0 Å². The van der Waals surface area contributed by atoms with Gasteiger partial charge in [0.05, 0.1) is 19.0 Å². The van der Waals surface area contributed by atoms with Crippen LogP contribution in [0.4, 0.5) is 0 Å². The van der Waals surface area contributed by atoms with E-state index >= 15 is 0 Å². The Morgan fingerprint density at radius 3 is 2.47 bits per heavy atom. The summed E-state index contributed by atoms with van der Waals surface area (Å²) in [6.07, 6.45) is 3.61. The maximum atomic E-state index is 12.8. The first-order valence-electron chi connectivity index (χ1n) is 9.76. The van der Waals surface area contributed by atoms with E-state index in [-0.39, 0.29) is 24.8 Å². The van der Waals surface area contributed by atoms with Crippen LogP contribution in [0, 0.1) is 0 Å². The predicted octanol–water partition coefficient (Wildman–Crippen LogP) is 0.640. The summed E-state index contributed by atoms with van der Waals surface area (Å²) in [5.41, 5.74) is 0. The van der Waals surface area contributed by atoms with Crippen molar-refractivity contribution in [3.05, 3.63) is 36.0 Å². The molecule has 30 heavy (non-hydrogen) atoms. The molecule has 2 aliphatic rings. The molecule has 0 atom stereocenters. The Hall–Kier alpha value is -1.86. The summed E-state index contributed by atoms with van der Waals surface area (Å²) in [6.45, 7) is 2.77. The maximum Gasteiger partial charge on any atom is 0.289 e. The Bertz CT molecular complexity index is 975. The molecule has 2 fully saturated rings. The summed E-state index contributed by atoms with van der Waals surface area (Å²) >= 11 is 1.53. The molecule has 0 unspecified atom stereocenters. The summed E-state index contributed by atoms with van der Waals surface area (Å²) < 4.78 is 41.3. The fourth-order valence-corrected chi connectivity index (χ4v) is 5.80. The number of piperazine rings is 1. The number of carbonyl (C=O) groups is 1. The van der Waals surface area contributed by atoms with Crippen LogP contribution < -0.4 is 0 Å². The molecule has 2 aromatic rings. The monoisotopic (exact) mass is 455 g/mol.